The van der Waals surface area contributed by atoms with Gasteiger partial charge in [-0.1, -0.05) is 12.1 Å². The molecule has 0 aromatic heterocycles. The number of carbonyl (C=O) groups excluding carboxylic acids is 1. The van der Waals surface area contributed by atoms with Crippen LogP contribution in [0.25, 0.3) is 0 Å². The van der Waals surface area contributed by atoms with Crippen LogP contribution in [0.4, 0.5) is 0 Å². The predicted octanol–water partition coefficient (Wildman–Crippen LogP) is 1.57. The van der Waals surface area contributed by atoms with E-state index in [4.69, 9.17) is 4.74 Å². The first kappa shape index (κ1) is 19.0. The highest BCUT2D eigenvalue weighted by Gasteiger charge is 2.32. The molecule has 2 aliphatic rings. The minimum Gasteiger partial charge on any atom is -0.497 e. The van der Waals surface area contributed by atoms with Crippen LogP contribution in [-0.4, -0.2) is 66.8 Å². The van der Waals surface area contributed by atoms with Gasteiger partial charge in [-0.25, -0.2) is 0 Å². The number of amides is 1. The standard InChI is InChI=1S/C18H26N2O3.ClH/c1-23-16-6-2-14(3-7-16)12-18(22)20-10-8-19(9-11-20)13-17(21)15-4-5-15;/h2-3,6-7,15,17,21H,4-5,8-13H2,1H3;1H. The van der Waals surface area contributed by atoms with Gasteiger partial charge in [0.15, 0.2) is 0 Å². The van der Waals surface area contributed by atoms with E-state index in [-0.39, 0.29) is 24.4 Å². The third kappa shape index (κ3) is 5.10. The summed E-state index contributed by atoms with van der Waals surface area (Å²) in [7, 11) is 1.64. The quantitative estimate of drug-likeness (QED) is 0.842. The molecule has 1 N–H and O–H groups in total. The molecule has 134 valence electrons. The molecule has 1 unspecified atom stereocenters. The van der Waals surface area contributed by atoms with E-state index < -0.39 is 0 Å². The highest BCUT2D eigenvalue weighted by molar-refractivity contribution is 5.85. The lowest BCUT2D eigenvalue weighted by atomic mass is 10.1. The second-order valence-corrected chi connectivity index (χ2v) is 6.61. The summed E-state index contributed by atoms with van der Waals surface area (Å²) < 4.78 is 5.13. The predicted molar refractivity (Wildman–Crippen MR) is 95.7 cm³/mol. The average molecular weight is 355 g/mol. The van der Waals surface area contributed by atoms with Crippen molar-refractivity contribution in [2.24, 2.45) is 5.92 Å². The Morgan fingerprint density at radius 1 is 1.21 bits per heavy atom. The fourth-order valence-corrected chi connectivity index (χ4v) is 3.10. The van der Waals surface area contributed by atoms with Crippen LogP contribution in [0, 0.1) is 5.92 Å². The molecule has 0 radical (unpaired) electrons. The van der Waals surface area contributed by atoms with Gasteiger partial charge in [-0.05, 0) is 36.5 Å². The molecule has 1 saturated carbocycles. The van der Waals surface area contributed by atoms with Gasteiger partial charge in [-0.3, -0.25) is 9.69 Å². The molecule has 0 bridgehead atoms. The molecular formula is C18H27ClN2O3. The number of halogens is 1. The Morgan fingerprint density at radius 2 is 1.83 bits per heavy atom. The fourth-order valence-electron chi connectivity index (χ4n) is 3.10. The Labute approximate surface area is 150 Å². The highest BCUT2D eigenvalue weighted by atomic mass is 35.5. The van der Waals surface area contributed by atoms with Crippen molar-refractivity contribution in [1.29, 1.82) is 0 Å². The zero-order valence-corrected chi connectivity index (χ0v) is 15.0. The lowest BCUT2D eigenvalue weighted by Crippen LogP contribution is -2.51. The summed E-state index contributed by atoms with van der Waals surface area (Å²) in [5, 5.41) is 10.0. The van der Waals surface area contributed by atoms with Gasteiger partial charge in [0.1, 0.15) is 5.75 Å². The number of aliphatic hydroxyl groups is 1. The van der Waals surface area contributed by atoms with Crippen molar-refractivity contribution in [2.45, 2.75) is 25.4 Å². The largest absolute Gasteiger partial charge is 0.497 e. The van der Waals surface area contributed by atoms with Crippen molar-refractivity contribution >= 4 is 18.3 Å². The molecule has 1 aliphatic heterocycles. The SMILES string of the molecule is COc1ccc(CC(=O)N2CCN(CC(O)C3CC3)CC2)cc1.Cl. The third-order valence-corrected chi connectivity index (χ3v) is 4.85. The summed E-state index contributed by atoms with van der Waals surface area (Å²) in [4.78, 5) is 16.6. The lowest BCUT2D eigenvalue weighted by Gasteiger charge is -2.35. The van der Waals surface area contributed by atoms with E-state index in [2.05, 4.69) is 4.90 Å². The van der Waals surface area contributed by atoms with Gasteiger partial charge in [-0.2, -0.15) is 0 Å². The maximum absolute atomic E-state index is 12.4. The smallest absolute Gasteiger partial charge is 0.227 e. The van der Waals surface area contributed by atoms with Crippen LogP contribution in [0.2, 0.25) is 0 Å². The number of carbonyl (C=O) groups is 1. The molecule has 1 aromatic rings. The minimum absolute atomic E-state index is 0. The average Bonchev–Trinajstić information content (AvgIpc) is 3.41. The van der Waals surface area contributed by atoms with Gasteiger partial charge in [0.05, 0.1) is 19.6 Å². The monoisotopic (exact) mass is 354 g/mol. The maximum atomic E-state index is 12.4. The van der Waals surface area contributed by atoms with Gasteiger partial charge < -0.3 is 14.7 Å². The number of ether oxygens (including phenoxy) is 1. The van der Waals surface area contributed by atoms with Gasteiger partial charge in [0.25, 0.3) is 0 Å². The Kier molecular flexibility index (Phi) is 6.90. The second-order valence-electron chi connectivity index (χ2n) is 6.61. The van der Waals surface area contributed by atoms with E-state index >= 15 is 0 Å². The Balaban J connectivity index is 0.00000208. The van der Waals surface area contributed by atoms with E-state index in [0.717, 1.165) is 44.0 Å². The third-order valence-electron chi connectivity index (χ3n) is 4.85. The normalized spacial score (nSPS) is 19.5. The summed E-state index contributed by atoms with van der Waals surface area (Å²) in [5.41, 5.74) is 1.02. The van der Waals surface area contributed by atoms with Crippen LogP contribution in [0.1, 0.15) is 18.4 Å². The number of methoxy groups -OCH3 is 1. The first-order valence-electron chi connectivity index (χ1n) is 8.47. The van der Waals surface area contributed by atoms with E-state index in [0.29, 0.717) is 12.3 Å². The van der Waals surface area contributed by atoms with Crippen molar-refractivity contribution in [2.75, 3.05) is 39.8 Å². The molecule has 1 amide bonds. The molecular weight excluding hydrogens is 328 g/mol. The van der Waals surface area contributed by atoms with E-state index in [1.807, 2.05) is 29.2 Å². The first-order valence-corrected chi connectivity index (χ1v) is 8.47. The number of β-amino-alcohol motifs (C(OH)–C–C–N with tert-alkyl or cyclic N) is 1. The number of nitrogens with zero attached hydrogens (tertiary/aromatic N) is 2. The zero-order chi connectivity index (χ0) is 16.2. The second kappa shape index (κ2) is 8.70. The number of aliphatic hydroxyl groups excluding tert-OH is 1. The Hall–Kier alpha value is -1.30. The van der Waals surface area contributed by atoms with Crippen molar-refractivity contribution in [3.8, 4) is 5.75 Å². The minimum atomic E-state index is -0.184. The van der Waals surface area contributed by atoms with Crippen molar-refractivity contribution in [1.82, 2.24) is 9.80 Å². The molecule has 1 saturated heterocycles. The van der Waals surface area contributed by atoms with E-state index in [1.165, 1.54) is 12.8 Å². The van der Waals surface area contributed by atoms with Crippen LogP contribution < -0.4 is 4.74 Å². The molecule has 1 aromatic carbocycles. The van der Waals surface area contributed by atoms with E-state index in [1.54, 1.807) is 7.11 Å². The molecule has 3 rings (SSSR count). The number of hydrogen-bond acceptors (Lipinski definition) is 4. The molecule has 5 nitrogen and oxygen atoms in total. The van der Waals surface area contributed by atoms with Crippen LogP contribution in [-0.2, 0) is 11.2 Å². The van der Waals surface area contributed by atoms with Crippen LogP contribution in [0.5, 0.6) is 5.75 Å². The van der Waals surface area contributed by atoms with Gasteiger partial charge in [-0.15, -0.1) is 12.4 Å². The van der Waals surface area contributed by atoms with Crippen LogP contribution in [0.15, 0.2) is 24.3 Å². The topological polar surface area (TPSA) is 53.0 Å². The summed E-state index contributed by atoms with van der Waals surface area (Å²) in [5.74, 6) is 1.51. The van der Waals surface area contributed by atoms with Crippen molar-refractivity contribution in [3.05, 3.63) is 29.8 Å². The highest BCUT2D eigenvalue weighted by Crippen LogP contribution is 2.32. The Bertz CT molecular complexity index is 526. The summed E-state index contributed by atoms with van der Waals surface area (Å²) in [6.45, 7) is 3.99. The van der Waals surface area contributed by atoms with Gasteiger partial charge in [0.2, 0.25) is 5.91 Å². The molecule has 0 spiro atoms. The van der Waals surface area contributed by atoms with Gasteiger partial charge in [0, 0.05) is 32.7 Å². The number of rotatable bonds is 6. The summed E-state index contributed by atoms with van der Waals surface area (Å²) in [6, 6.07) is 7.66. The lowest BCUT2D eigenvalue weighted by molar-refractivity contribution is -0.132. The van der Waals surface area contributed by atoms with Crippen molar-refractivity contribution in [3.63, 3.8) is 0 Å². The summed E-state index contributed by atoms with van der Waals surface area (Å²) >= 11 is 0. The van der Waals surface area contributed by atoms with Gasteiger partial charge >= 0.3 is 0 Å². The van der Waals surface area contributed by atoms with Crippen LogP contribution >= 0.6 is 12.4 Å². The first-order chi connectivity index (χ1) is 11.2. The number of piperazine rings is 1. The number of hydrogen-bond donors (Lipinski definition) is 1. The fraction of sp³-hybridized carbons (Fsp3) is 0.611. The van der Waals surface area contributed by atoms with Crippen LogP contribution in [0.3, 0.4) is 0 Å². The molecule has 6 heteroatoms. The molecule has 1 heterocycles. The molecule has 2 fully saturated rings. The number of benzene rings is 1. The molecule has 1 aliphatic carbocycles. The summed E-state index contributed by atoms with van der Waals surface area (Å²) in [6.07, 6.45) is 2.59. The molecule has 24 heavy (non-hydrogen) atoms. The molecule has 1 atom stereocenters. The zero-order valence-electron chi connectivity index (χ0n) is 14.2. The maximum Gasteiger partial charge on any atom is 0.227 e. The van der Waals surface area contributed by atoms with Crippen molar-refractivity contribution < 1.29 is 14.6 Å². The Morgan fingerprint density at radius 3 is 2.38 bits per heavy atom. The van der Waals surface area contributed by atoms with E-state index in [9.17, 15) is 9.90 Å².